The molecule has 0 saturated heterocycles. The lowest BCUT2D eigenvalue weighted by molar-refractivity contribution is -0.147. The van der Waals surface area contributed by atoms with Crippen LogP contribution in [0.15, 0.2) is 65.2 Å². The molecular formula is C22H21N3O5. The van der Waals surface area contributed by atoms with Crippen LogP contribution in [-0.2, 0) is 20.7 Å². The molecule has 2 amide bonds. The number of oxazole rings is 1. The number of aryl methyl sites for hydroxylation is 1. The molecule has 1 aromatic heterocycles. The van der Waals surface area contributed by atoms with Gasteiger partial charge in [0.25, 0.3) is 11.8 Å². The lowest BCUT2D eigenvalue weighted by Gasteiger charge is -2.07. The maximum absolute atomic E-state index is 11.9. The van der Waals surface area contributed by atoms with Gasteiger partial charge in [0.2, 0.25) is 0 Å². The summed E-state index contributed by atoms with van der Waals surface area (Å²) in [7, 11) is 1.54. The summed E-state index contributed by atoms with van der Waals surface area (Å²) in [5, 5.41) is 5.11. The van der Waals surface area contributed by atoms with Gasteiger partial charge in [-0.05, 0) is 24.3 Å². The van der Waals surface area contributed by atoms with E-state index < -0.39 is 18.5 Å². The number of anilines is 1. The van der Waals surface area contributed by atoms with E-state index in [9.17, 15) is 14.4 Å². The molecule has 3 rings (SSSR count). The Morgan fingerprint density at radius 3 is 2.47 bits per heavy atom. The third-order valence-corrected chi connectivity index (χ3v) is 4.18. The number of amides is 2. The summed E-state index contributed by atoms with van der Waals surface area (Å²) < 4.78 is 10.6. The van der Waals surface area contributed by atoms with E-state index in [1.54, 1.807) is 30.5 Å². The standard InChI is InChI=1S/C22H21N3O5/c1-23-22(28)16-7-9-17(10-8-16)25-19(26)14-29-21(27)12-11-20-24-13-18(30-20)15-5-3-2-4-6-15/h2-10,13H,11-12,14H2,1H3,(H,23,28)(H,25,26). The molecule has 0 aliphatic carbocycles. The van der Waals surface area contributed by atoms with Crippen LogP contribution >= 0.6 is 0 Å². The van der Waals surface area contributed by atoms with E-state index in [4.69, 9.17) is 9.15 Å². The summed E-state index contributed by atoms with van der Waals surface area (Å²) in [4.78, 5) is 39.5. The smallest absolute Gasteiger partial charge is 0.306 e. The number of benzene rings is 2. The quantitative estimate of drug-likeness (QED) is 0.556. The number of aromatic nitrogens is 1. The van der Waals surface area contributed by atoms with Crippen LogP contribution in [0.4, 0.5) is 5.69 Å². The molecular weight excluding hydrogens is 386 g/mol. The predicted octanol–water partition coefficient (Wildman–Crippen LogP) is 2.82. The molecule has 8 nitrogen and oxygen atoms in total. The Kier molecular flexibility index (Phi) is 6.94. The van der Waals surface area contributed by atoms with E-state index in [-0.39, 0.29) is 18.7 Å². The number of carbonyl (C=O) groups is 3. The first-order chi connectivity index (χ1) is 14.5. The predicted molar refractivity (Wildman–Crippen MR) is 110 cm³/mol. The van der Waals surface area contributed by atoms with E-state index in [0.717, 1.165) is 5.56 Å². The number of esters is 1. The van der Waals surface area contributed by atoms with Gasteiger partial charge in [0.1, 0.15) is 0 Å². The van der Waals surface area contributed by atoms with Gasteiger partial charge in [-0.25, -0.2) is 4.98 Å². The molecule has 0 bridgehead atoms. The van der Waals surface area contributed by atoms with Crippen LogP contribution in [0.2, 0.25) is 0 Å². The Hall–Kier alpha value is -3.94. The van der Waals surface area contributed by atoms with Gasteiger partial charge in [0.05, 0.1) is 12.6 Å². The Morgan fingerprint density at radius 1 is 1.03 bits per heavy atom. The van der Waals surface area contributed by atoms with Crippen molar-refractivity contribution in [2.24, 2.45) is 0 Å². The molecule has 3 aromatic rings. The average Bonchev–Trinajstić information content (AvgIpc) is 3.26. The van der Waals surface area contributed by atoms with E-state index in [2.05, 4.69) is 15.6 Å². The SMILES string of the molecule is CNC(=O)c1ccc(NC(=O)COC(=O)CCc2ncc(-c3ccccc3)o2)cc1. The zero-order valence-corrected chi connectivity index (χ0v) is 16.4. The van der Waals surface area contributed by atoms with E-state index in [1.165, 1.54) is 7.05 Å². The van der Waals surface area contributed by atoms with Gasteiger partial charge in [-0.1, -0.05) is 30.3 Å². The van der Waals surface area contributed by atoms with Gasteiger partial charge < -0.3 is 19.8 Å². The molecule has 0 radical (unpaired) electrons. The Balaban J connectivity index is 1.41. The molecule has 2 N–H and O–H groups in total. The summed E-state index contributed by atoms with van der Waals surface area (Å²) in [5.41, 5.74) is 1.87. The maximum Gasteiger partial charge on any atom is 0.306 e. The average molecular weight is 407 g/mol. The van der Waals surface area contributed by atoms with Crippen LogP contribution in [0.5, 0.6) is 0 Å². The monoisotopic (exact) mass is 407 g/mol. The highest BCUT2D eigenvalue weighted by atomic mass is 16.5. The summed E-state index contributed by atoms with van der Waals surface area (Å²) in [6, 6.07) is 15.9. The number of nitrogens with one attached hydrogen (secondary N) is 2. The number of nitrogens with zero attached hydrogens (tertiary/aromatic N) is 1. The minimum atomic E-state index is -0.528. The fraction of sp³-hybridized carbons (Fsp3) is 0.182. The van der Waals surface area contributed by atoms with Crippen molar-refractivity contribution in [3.63, 3.8) is 0 Å². The third kappa shape index (κ3) is 5.78. The van der Waals surface area contributed by atoms with Crippen molar-refractivity contribution < 1.29 is 23.5 Å². The Morgan fingerprint density at radius 2 is 1.77 bits per heavy atom. The molecule has 0 aliphatic rings. The van der Waals surface area contributed by atoms with Crippen molar-refractivity contribution in [3.05, 3.63) is 72.2 Å². The van der Waals surface area contributed by atoms with Crippen molar-refractivity contribution in [2.75, 3.05) is 19.0 Å². The molecule has 0 saturated carbocycles. The van der Waals surface area contributed by atoms with Crippen molar-refractivity contribution in [2.45, 2.75) is 12.8 Å². The zero-order chi connectivity index (χ0) is 21.3. The number of carbonyl (C=O) groups excluding carboxylic acids is 3. The lowest BCUT2D eigenvalue weighted by atomic mass is 10.2. The first-order valence-electron chi connectivity index (χ1n) is 9.33. The Bertz CT molecular complexity index is 1010. The summed E-state index contributed by atoms with van der Waals surface area (Å²) in [6.07, 6.45) is 1.93. The van der Waals surface area contributed by atoms with Gasteiger partial charge in [0.15, 0.2) is 18.3 Å². The molecule has 0 spiro atoms. The summed E-state index contributed by atoms with van der Waals surface area (Å²) in [6.45, 7) is -0.406. The van der Waals surface area contributed by atoms with Crippen LogP contribution < -0.4 is 10.6 Å². The van der Waals surface area contributed by atoms with E-state index in [1.807, 2.05) is 30.3 Å². The van der Waals surface area contributed by atoms with Gasteiger partial charge in [-0.15, -0.1) is 0 Å². The van der Waals surface area contributed by atoms with Crippen LogP contribution in [-0.4, -0.2) is 36.4 Å². The van der Waals surface area contributed by atoms with Crippen molar-refractivity contribution in [1.82, 2.24) is 10.3 Å². The molecule has 0 aliphatic heterocycles. The van der Waals surface area contributed by atoms with Crippen molar-refractivity contribution >= 4 is 23.5 Å². The topological polar surface area (TPSA) is 111 Å². The molecule has 30 heavy (non-hydrogen) atoms. The Labute approximate surface area is 173 Å². The fourth-order valence-electron chi connectivity index (χ4n) is 2.64. The molecule has 0 unspecified atom stereocenters. The largest absolute Gasteiger partial charge is 0.456 e. The number of hydrogen-bond donors (Lipinski definition) is 2. The van der Waals surface area contributed by atoms with Gasteiger partial charge >= 0.3 is 5.97 Å². The second-order valence-electron chi connectivity index (χ2n) is 6.35. The number of hydrogen-bond acceptors (Lipinski definition) is 6. The fourth-order valence-corrected chi connectivity index (χ4v) is 2.64. The summed E-state index contributed by atoms with van der Waals surface area (Å²) in [5.74, 6) is -0.172. The number of ether oxygens (including phenoxy) is 1. The normalized spacial score (nSPS) is 10.3. The van der Waals surface area contributed by atoms with Crippen LogP contribution in [0.3, 0.4) is 0 Å². The van der Waals surface area contributed by atoms with Crippen LogP contribution in [0.1, 0.15) is 22.7 Å². The molecule has 2 aromatic carbocycles. The first kappa shape index (κ1) is 20.8. The van der Waals surface area contributed by atoms with Crippen molar-refractivity contribution in [1.29, 1.82) is 0 Å². The minimum absolute atomic E-state index is 0.0445. The molecule has 0 atom stereocenters. The molecule has 8 heteroatoms. The highest BCUT2D eigenvalue weighted by molar-refractivity contribution is 5.96. The van der Waals surface area contributed by atoms with Crippen LogP contribution in [0, 0.1) is 0 Å². The summed E-state index contributed by atoms with van der Waals surface area (Å²) >= 11 is 0. The molecule has 0 fully saturated rings. The maximum atomic E-state index is 11.9. The highest BCUT2D eigenvalue weighted by Crippen LogP contribution is 2.20. The lowest BCUT2D eigenvalue weighted by Crippen LogP contribution is -2.21. The molecule has 154 valence electrons. The van der Waals surface area contributed by atoms with Gasteiger partial charge in [-0.3, -0.25) is 14.4 Å². The highest BCUT2D eigenvalue weighted by Gasteiger charge is 2.12. The number of rotatable bonds is 8. The third-order valence-electron chi connectivity index (χ3n) is 4.18. The minimum Gasteiger partial charge on any atom is -0.456 e. The van der Waals surface area contributed by atoms with Gasteiger partial charge in [-0.2, -0.15) is 0 Å². The molecule has 1 heterocycles. The second kappa shape index (κ2) is 10.0. The van der Waals surface area contributed by atoms with Crippen molar-refractivity contribution in [3.8, 4) is 11.3 Å². The van der Waals surface area contributed by atoms with E-state index in [0.29, 0.717) is 22.9 Å². The van der Waals surface area contributed by atoms with Crippen LogP contribution in [0.25, 0.3) is 11.3 Å². The first-order valence-corrected chi connectivity index (χ1v) is 9.33. The zero-order valence-electron chi connectivity index (χ0n) is 16.4. The van der Waals surface area contributed by atoms with E-state index >= 15 is 0 Å². The second-order valence-corrected chi connectivity index (χ2v) is 6.35. The van der Waals surface area contributed by atoms with Gasteiger partial charge in [0, 0.05) is 30.3 Å².